The van der Waals surface area contributed by atoms with Gasteiger partial charge in [-0.3, -0.25) is 0 Å². The van der Waals surface area contributed by atoms with E-state index >= 15 is 0 Å². The van der Waals surface area contributed by atoms with Crippen molar-refractivity contribution in [3.63, 3.8) is 0 Å². The maximum absolute atomic E-state index is 9.66. The fourth-order valence-electron chi connectivity index (χ4n) is 1.25. The molecule has 0 bridgehead atoms. The van der Waals surface area contributed by atoms with Crippen LogP contribution in [0, 0.1) is 0 Å². The molecule has 1 aromatic carbocycles. The third-order valence-corrected chi connectivity index (χ3v) is 2.84. The summed E-state index contributed by atoms with van der Waals surface area (Å²) in [6.45, 7) is 0. The second-order valence-corrected chi connectivity index (χ2v) is 4.04. The van der Waals surface area contributed by atoms with Crippen LogP contribution in [-0.4, -0.2) is 15.1 Å². The Balaban J connectivity index is 2.69. The minimum atomic E-state index is -0.0207. The zero-order chi connectivity index (χ0) is 11.7. The minimum absolute atomic E-state index is 0.0207. The Morgan fingerprint density at radius 1 is 1.00 bits per heavy atom. The number of benzene rings is 1. The van der Waals surface area contributed by atoms with Gasteiger partial charge in [0.05, 0.1) is 5.69 Å². The van der Waals surface area contributed by atoms with E-state index in [1.54, 1.807) is 18.2 Å². The van der Waals surface area contributed by atoms with Crippen LogP contribution < -0.4 is 0 Å². The number of hydrogen-bond donors (Lipinski definition) is 1. The van der Waals surface area contributed by atoms with Crippen molar-refractivity contribution >= 4 is 34.8 Å². The number of para-hydroxylation sites is 1. The van der Waals surface area contributed by atoms with E-state index in [1.807, 2.05) is 0 Å². The predicted molar refractivity (Wildman–Crippen MR) is 64.2 cm³/mol. The fraction of sp³-hybridized carbons (Fsp3) is 0. The first-order chi connectivity index (χ1) is 7.59. The van der Waals surface area contributed by atoms with Gasteiger partial charge in [0.25, 0.3) is 0 Å². The van der Waals surface area contributed by atoms with E-state index in [9.17, 15) is 5.11 Å². The first-order valence-electron chi connectivity index (χ1n) is 4.26. The lowest BCUT2D eigenvalue weighted by molar-refractivity contribution is 0.477. The lowest BCUT2D eigenvalue weighted by Gasteiger charge is -2.06. The Kier molecular flexibility index (Phi) is 3.19. The van der Waals surface area contributed by atoms with E-state index in [0.717, 1.165) is 0 Å². The molecule has 6 heteroatoms. The van der Waals surface area contributed by atoms with Crippen LogP contribution in [0.4, 0.5) is 0 Å². The molecule has 1 aromatic heterocycles. The van der Waals surface area contributed by atoms with Gasteiger partial charge < -0.3 is 5.11 Å². The highest BCUT2D eigenvalue weighted by Gasteiger charge is 2.14. The Labute approximate surface area is 107 Å². The molecule has 0 aliphatic heterocycles. The van der Waals surface area contributed by atoms with E-state index < -0.39 is 0 Å². The van der Waals surface area contributed by atoms with Crippen molar-refractivity contribution in [2.75, 3.05) is 0 Å². The largest absolute Gasteiger partial charge is 0.507 e. The summed E-state index contributed by atoms with van der Waals surface area (Å²) in [4.78, 5) is 7.64. The van der Waals surface area contributed by atoms with Crippen molar-refractivity contribution in [2.45, 2.75) is 0 Å². The average Bonchev–Trinajstić information content (AvgIpc) is 2.24. The van der Waals surface area contributed by atoms with Gasteiger partial charge in [-0.2, -0.15) is 0 Å². The summed E-state index contributed by atoms with van der Waals surface area (Å²) in [6, 6.07) is 6.62. The first-order valence-corrected chi connectivity index (χ1v) is 5.40. The first kappa shape index (κ1) is 11.5. The molecule has 16 heavy (non-hydrogen) atoms. The molecule has 0 atom stereocenters. The van der Waals surface area contributed by atoms with Crippen molar-refractivity contribution in [1.29, 1.82) is 0 Å². The number of hydrogen-bond acceptors (Lipinski definition) is 3. The second-order valence-electron chi connectivity index (χ2n) is 2.96. The molecule has 0 saturated heterocycles. The highest BCUT2D eigenvalue weighted by atomic mass is 35.5. The summed E-state index contributed by atoms with van der Waals surface area (Å²) in [5.41, 5.74) is 0.767. The van der Waals surface area contributed by atoms with Crippen LogP contribution >= 0.6 is 34.8 Å². The molecule has 0 spiro atoms. The van der Waals surface area contributed by atoms with Crippen LogP contribution in [-0.2, 0) is 0 Å². The predicted octanol–water partition coefficient (Wildman–Crippen LogP) is 3.81. The normalized spacial score (nSPS) is 10.4. The maximum atomic E-state index is 9.66. The third-order valence-electron chi connectivity index (χ3n) is 1.94. The van der Waals surface area contributed by atoms with Crippen molar-refractivity contribution < 1.29 is 5.11 Å². The molecule has 0 amide bonds. The monoisotopic (exact) mass is 274 g/mol. The molecule has 3 nitrogen and oxygen atoms in total. The number of aromatic hydroxyl groups is 1. The number of rotatable bonds is 1. The second kappa shape index (κ2) is 4.45. The quantitative estimate of drug-likeness (QED) is 0.636. The van der Waals surface area contributed by atoms with Gasteiger partial charge >= 0.3 is 0 Å². The van der Waals surface area contributed by atoms with Crippen LogP contribution in [0.25, 0.3) is 11.3 Å². The minimum Gasteiger partial charge on any atom is -0.507 e. The fourth-order valence-corrected chi connectivity index (χ4v) is 1.81. The summed E-state index contributed by atoms with van der Waals surface area (Å²) >= 11 is 17.4. The van der Waals surface area contributed by atoms with E-state index in [0.29, 0.717) is 11.3 Å². The summed E-state index contributed by atoms with van der Waals surface area (Å²) < 4.78 is 0. The number of phenolic OH excluding ortho intramolecular Hbond substituents is 1. The molecule has 0 radical (unpaired) electrons. The summed E-state index contributed by atoms with van der Waals surface area (Å²) in [5.74, 6) is 0.0511. The molecule has 1 heterocycles. The van der Waals surface area contributed by atoms with Crippen molar-refractivity contribution in [1.82, 2.24) is 9.97 Å². The van der Waals surface area contributed by atoms with E-state index in [4.69, 9.17) is 34.8 Å². The molecular formula is C10H5Cl3N2O. The van der Waals surface area contributed by atoms with E-state index in [-0.39, 0.29) is 21.2 Å². The topological polar surface area (TPSA) is 46.0 Å². The van der Waals surface area contributed by atoms with Gasteiger partial charge in [0.15, 0.2) is 5.15 Å². The summed E-state index contributed by atoms with van der Waals surface area (Å²) in [7, 11) is 0. The van der Waals surface area contributed by atoms with Gasteiger partial charge in [0, 0.05) is 5.56 Å². The van der Waals surface area contributed by atoms with Crippen LogP contribution in [0.3, 0.4) is 0 Å². The van der Waals surface area contributed by atoms with Crippen molar-refractivity contribution in [2.24, 2.45) is 0 Å². The maximum Gasteiger partial charge on any atom is 0.224 e. The van der Waals surface area contributed by atoms with Gasteiger partial charge in [-0.1, -0.05) is 35.3 Å². The molecule has 2 rings (SSSR count). The van der Waals surface area contributed by atoms with Crippen LogP contribution in [0.15, 0.2) is 24.3 Å². The lowest BCUT2D eigenvalue weighted by Crippen LogP contribution is -1.91. The van der Waals surface area contributed by atoms with Gasteiger partial charge in [0.1, 0.15) is 10.8 Å². The molecule has 0 aliphatic carbocycles. The highest BCUT2D eigenvalue weighted by Crippen LogP contribution is 2.35. The van der Waals surface area contributed by atoms with Crippen molar-refractivity contribution in [3.05, 3.63) is 39.7 Å². The highest BCUT2D eigenvalue weighted by molar-refractivity contribution is 6.43. The summed E-state index contributed by atoms with van der Waals surface area (Å²) in [6.07, 6.45) is 0. The number of nitrogens with zero attached hydrogens (tertiary/aromatic N) is 2. The Morgan fingerprint density at radius 2 is 1.69 bits per heavy atom. The Hall–Kier alpha value is -1.03. The molecular weight excluding hydrogens is 270 g/mol. The van der Waals surface area contributed by atoms with Crippen molar-refractivity contribution in [3.8, 4) is 17.0 Å². The SMILES string of the molecule is Oc1ccccc1-c1nc(Cl)nc(Cl)c1Cl. The molecule has 0 fully saturated rings. The molecule has 82 valence electrons. The van der Waals surface area contributed by atoms with Gasteiger partial charge in [0.2, 0.25) is 5.28 Å². The molecule has 0 unspecified atom stereocenters. The Morgan fingerprint density at radius 3 is 2.38 bits per heavy atom. The smallest absolute Gasteiger partial charge is 0.224 e. The van der Waals surface area contributed by atoms with Crippen LogP contribution in [0.5, 0.6) is 5.75 Å². The average molecular weight is 276 g/mol. The molecule has 0 saturated carbocycles. The standard InChI is InChI=1S/C10H5Cl3N2O/c11-7-8(14-10(13)15-9(7)12)5-3-1-2-4-6(5)16/h1-4,16H. The lowest BCUT2D eigenvalue weighted by atomic mass is 10.1. The zero-order valence-corrected chi connectivity index (χ0v) is 10.1. The number of phenols is 1. The van der Waals surface area contributed by atoms with E-state index in [1.165, 1.54) is 6.07 Å². The molecule has 1 N–H and O–H groups in total. The molecule has 2 aromatic rings. The zero-order valence-electron chi connectivity index (χ0n) is 7.78. The van der Waals surface area contributed by atoms with Gasteiger partial charge in [-0.05, 0) is 23.7 Å². The Bertz CT molecular complexity index is 546. The van der Waals surface area contributed by atoms with Gasteiger partial charge in [-0.25, -0.2) is 9.97 Å². The summed E-state index contributed by atoms with van der Waals surface area (Å²) in [5, 5.41) is 9.86. The third kappa shape index (κ3) is 2.07. The van der Waals surface area contributed by atoms with Crippen LogP contribution in [0.1, 0.15) is 0 Å². The molecule has 0 aliphatic rings. The van der Waals surface area contributed by atoms with Crippen LogP contribution in [0.2, 0.25) is 15.5 Å². The van der Waals surface area contributed by atoms with Gasteiger partial charge in [-0.15, -0.1) is 0 Å². The number of halogens is 3. The van der Waals surface area contributed by atoms with E-state index in [2.05, 4.69) is 9.97 Å². The number of aromatic nitrogens is 2.